The quantitative estimate of drug-likeness (QED) is 0.795. The van der Waals surface area contributed by atoms with Gasteiger partial charge in [-0.05, 0) is 75.3 Å². The van der Waals surface area contributed by atoms with Crippen LogP contribution in [0.3, 0.4) is 0 Å². The molecule has 0 aromatic heterocycles. The van der Waals surface area contributed by atoms with E-state index in [1.54, 1.807) is 0 Å². The third kappa shape index (κ3) is 4.07. The number of amides is 1. The molecule has 2 fully saturated rings. The summed E-state index contributed by atoms with van der Waals surface area (Å²) in [6.45, 7) is 3.28. The van der Waals surface area contributed by atoms with Crippen LogP contribution in [0, 0.1) is 6.92 Å². The van der Waals surface area contributed by atoms with Crippen molar-refractivity contribution in [2.24, 2.45) is 0 Å². The summed E-state index contributed by atoms with van der Waals surface area (Å²) in [5.74, 6) is 0.926. The number of carbonyl (C=O) groups is 1. The van der Waals surface area contributed by atoms with Crippen molar-refractivity contribution in [3.63, 3.8) is 0 Å². The van der Waals surface area contributed by atoms with E-state index < -0.39 is 5.41 Å². The third-order valence-corrected chi connectivity index (χ3v) is 6.07. The largest absolute Gasteiger partial charge is 0.490 e. The second-order valence-electron chi connectivity index (χ2n) is 8.07. The number of hydrogen-bond acceptors (Lipinski definition) is 3. The third-order valence-electron chi connectivity index (χ3n) is 6.07. The van der Waals surface area contributed by atoms with Crippen LogP contribution in [0.1, 0.15) is 49.7 Å². The van der Waals surface area contributed by atoms with Crippen LogP contribution in [-0.2, 0) is 14.9 Å². The number of hydrogen-bond donors (Lipinski definition) is 1. The summed E-state index contributed by atoms with van der Waals surface area (Å²) >= 11 is 0. The van der Waals surface area contributed by atoms with Gasteiger partial charge in [-0.15, -0.1) is 0 Å². The topological polar surface area (TPSA) is 47.6 Å². The van der Waals surface area contributed by atoms with Crippen molar-refractivity contribution >= 4 is 11.6 Å². The van der Waals surface area contributed by atoms with Crippen LogP contribution in [0.5, 0.6) is 5.75 Å². The van der Waals surface area contributed by atoms with Crippen LogP contribution in [-0.4, -0.2) is 25.2 Å². The number of rotatable bonds is 5. The van der Waals surface area contributed by atoms with Gasteiger partial charge in [0, 0.05) is 18.9 Å². The van der Waals surface area contributed by atoms with E-state index in [9.17, 15) is 4.79 Å². The minimum Gasteiger partial charge on any atom is -0.490 e. The zero-order valence-corrected chi connectivity index (χ0v) is 16.6. The molecule has 4 rings (SSSR count). The minimum atomic E-state index is -0.538. The molecule has 2 aromatic carbocycles. The van der Waals surface area contributed by atoms with Crippen LogP contribution >= 0.6 is 0 Å². The molecule has 1 saturated carbocycles. The van der Waals surface area contributed by atoms with Gasteiger partial charge in [-0.2, -0.15) is 0 Å². The fourth-order valence-electron chi connectivity index (χ4n) is 4.38. The number of aryl methyl sites for hydroxylation is 1. The molecule has 1 N–H and O–H groups in total. The molecule has 4 heteroatoms. The van der Waals surface area contributed by atoms with E-state index >= 15 is 0 Å². The predicted octanol–water partition coefficient (Wildman–Crippen LogP) is 5.00. The molecular formula is C24H29NO3. The highest BCUT2D eigenvalue weighted by Crippen LogP contribution is 2.36. The van der Waals surface area contributed by atoms with Gasteiger partial charge in [0.1, 0.15) is 5.75 Å². The highest BCUT2D eigenvalue weighted by Gasteiger charge is 2.41. The molecule has 1 heterocycles. The molecule has 4 nitrogen and oxygen atoms in total. The van der Waals surface area contributed by atoms with Crippen molar-refractivity contribution in [2.45, 2.75) is 57.0 Å². The lowest BCUT2D eigenvalue weighted by Gasteiger charge is -2.36. The van der Waals surface area contributed by atoms with Gasteiger partial charge in [0.05, 0.1) is 11.5 Å². The average Bonchev–Trinajstić information content (AvgIpc) is 3.23. The molecule has 2 aliphatic rings. The van der Waals surface area contributed by atoms with E-state index in [1.165, 1.54) is 18.4 Å². The minimum absolute atomic E-state index is 0.0471. The summed E-state index contributed by atoms with van der Waals surface area (Å²) in [7, 11) is 0. The SMILES string of the molecule is Cc1cccc(C2(C(=O)Nc3ccc(OC4CCCC4)cc3)CCOCC2)c1. The Balaban J connectivity index is 1.49. The van der Waals surface area contributed by atoms with Gasteiger partial charge in [0.25, 0.3) is 0 Å². The molecule has 1 aliphatic carbocycles. The van der Waals surface area contributed by atoms with Gasteiger partial charge in [-0.25, -0.2) is 0 Å². The van der Waals surface area contributed by atoms with Crippen molar-refractivity contribution in [1.82, 2.24) is 0 Å². The highest BCUT2D eigenvalue weighted by molar-refractivity contribution is 5.99. The fourth-order valence-corrected chi connectivity index (χ4v) is 4.38. The van der Waals surface area contributed by atoms with Crippen LogP contribution in [0.25, 0.3) is 0 Å². The highest BCUT2D eigenvalue weighted by atomic mass is 16.5. The van der Waals surface area contributed by atoms with E-state index in [4.69, 9.17) is 9.47 Å². The Morgan fingerprint density at radius 1 is 1.07 bits per heavy atom. The Bertz CT molecular complexity index is 803. The number of benzene rings is 2. The first-order valence-electron chi connectivity index (χ1n) is 10.4. The first-order chi connectivity index (χ1) is 13.7. The Morgan fingerprint density at radius 3 is 2.46 bits per heavy atom. The van der Waals surface area contributed by atoms with Crippen molar-refractivity contribution in [1.29, 1.82) is 0 Å². The van der Waals surface area contributed by atoms with Gasteiger partial charge >= 0.3 is 0 Å². The Kier molecular flexibility index (Phi) is 5.67. The van der Waals surface area contributed by atoms with E-state index in [2.05, 4.69) is 30.4 Å². The summed E-state index contributed by atoms with van der Waals surface area (Å²) in [4.78, 5) is 13.4. The molecule has 28 heavy (non-hydrogen) atoms. The van der Waals surface area contributed by atoms with Gasteiger partial charge in [-0.1, -0.05) is 29.8 Å². The van der Waals surface area contributed by atoms with Crippen molar-refractivity contribution in [2.75, 3.05) is 18.5 Å². The molecule has 148 valence electrons. The molecule has 0 radical (unpaired) electrons. The van der Waals surface area contributed by atoms with Gasteiger partial charge in [0.15, 0.2) is 0 Å². The summed E-state index contributed by atoms with van der Waals surface area (Å²) in [5, 5.41) is 3.14. The van der Waals surface area contributed by atoms with Crippen molar-refractivity contribution in [3.8, 4) is 5.75 Å². The molecule has 1 saturated heterocycles. The average molecular weight is 380 g/mol. The zero-order chi connectivity index (χ0) is 19.4. The molecule has 1 amide bonds. The molecule has 2 aromatic rings. The Morgan fingerprint density at radius 2 is 1.79 bits per heavy atom. The zero-order valence-electron chi connectivity index (χ0n) is 16.6. The summed E-state index contributed by atoms with van der Waals surface area (Å²) < 4.78 is 11.6. The number of carbonyl (C=O) groups excluding carboxylic acids is 1. The molecule has 0 atom stereocenters. The lowest BCUT2D eigenvalue weighted by molar-refractivity contribution is -0.125. The monoisotopic (exact) mass is 379 g/mol. The molecule has 1 aliphatic heterocycles. The van der Waals surface area contributed by atoms with Crippen molar-refractivity contribution in [3.05, 3.63) is 59.7 Å². The first kappa shape index (κ1) is 19.0. The molecule has 0 unspecified atom stereocenters. The van der Waals surface area contributed by atoms with Crippen LogP contribution in [0.2, 0.25) is 0 Å². The number of anilines is 1. The lowest BCUT2D eigenvalue weighted by Crippen LogP contribution is -2.44. The van der Waals surface area contributed by atoms with Crippen molar-refractivity contribution < 1.29 is 14.3 Å². The second-order valence-corrected chi connectivity index (χ2v) is 8.07. The van der Waals surface area contributed by atoms with Gasteiger partial charge in [0.2, 0.25) is 5.91 Å². The maximum absolute atomic E-state index is 13.4. The van der Waals surface area contributed by atoms with Gasteiger partial charge < -0.3 is 14.8 Å². The second kappa shape index (κ2) is 8.36. The van der Waals surface area contributed by atoms with Gasteiger partial charge in [-0.3, -0.25) is 4.79 Å². The Hall–Kier alpha value is -2.33. The normalized spacial score (nSPS) is 19.3. The molecule has 0 bridgehead atoms. The number of nitrogens with one attached hydrogen (secondary N) is 1. The molecule has 0 spiro atoms. The summed E-state index contributed by atoms with van der Waals surface area (Å²) in [5.41, 5.74) is 2.52. The standard InChI is InChI=1S/C24H29NO3/c1-18-5-4-6-19(17-18)24(13-15-27-16-14-24)23(26)25-20-9-11-22(12-10-20)28-21-7-2-3-8-21/h4-6,9-12,17,21H,2-3,7-8,13-16H2,1H3,(H,25,26). The van der Waals surface area contributed by atoms with Crippen LogP contribution in [0.15, 0.2) is 48.5 Å². The molecular weight excluding hydrogens is 350 g/mol. The summed E-state index contributed by atoms with van der Waals surface area (Å²) in [6.07, 6.45) is 6.52. The fraction of sp³-hybridized carbons (Fsp3) is 0.458. The lowest BCUT2D eigenvalue weighted by atomic mass is 9.73. The Labute approximate surface area is 167 Å². The van der Waals surface area contributed by atoms with E-state index in [0.717, 1.165) is 29.8 Å². The number of ether oxygens (including phenoxy) is 2. The van der Waals surface area contributed by atoms with E-state index in [1.807, 2.05) is 30.3 Å². The first-order valence-corrected chi connectivity index (χ1v) is 10.4. The summed E-state index contributed by atoms with van der Waals surface area (Å²) in [6, 6.07) is 16.1. The van der Waals surface area contributed by atoms with E-state index in [0.29, 0.717) is 32.2 Å². The predicted molar refractivity (Wildman–Crippen MR) is 111 cm³/mol. The van der Waals surface area contributed by atoms with Crippen LogP contribution in [0.4, 0.5) is 5.69 Å². The smallest absolute Gasteiger partial charge is 0.235 e. The maximum Gasteiger partial charge on any atom is 0.235 e. The maximum atomic E-state index is 13.4. The van der Waals surface area contributed by atoms with Crippen LogP contribution < -0.4 is 10.1 Å². The van der Waals surface area contributed by atoms with E-state index in [-0.39, 0.29) is 5.91 Å².